The Bertz CT molecular complexity index is 489. The summed E-state index contributed by atoms with van der Waals surface area (Å²) in [6, 6.07) is 3.40. The van der Waals surface area contributed by atoms with Crippen LogP contribution < -0.4 is 5.32 Å². The minimum atomic E-state index is -1.27. The summed E-state index contributed by atoms with van der Waals surface area (Å²) in [5.41, 5.74) is -0.285. The molecule has 0 saturated heterocycles. The van der Waals surface area contributed by atoms with E-state index in [0.717, 1.165) is 6.07 Å². The van der Waals surface area contributed by atoms with Crippen molar-refractivity contribution in [3.05, 3.63) is 42.0 Å². The molecule has 0 spiro atoms. The highest BCUT2D eigenvalue weighted by molar-refractivity contribution is 5.98. The van der Waals surface area contributed by atoms with E-state index in [9.17, 15) is 14.4 Å². The second kappa shape index (κ2) is 5.62. The highest BCUT2D eigenvalue weighted by Crippen LogP contribution is 2.16. The summed E-state index contributed by atoms with van der Waals surface area (Å²) in [5.74, 6) is -2.93. The van der Waals surface area contributed by atoms with E-state index in [1.54, 1.807) is 0 Å². The van der Waals surface area contributed by atoms with Crippen molar-refractivity contribution in [1.29, 1.82) is 0 Å². The number of nitrogens with one attached hydrogen (secondary N) is 1. The smallest absolute Gasteiger partial charge is 0.335 e. The third kappa shape index (κ3) is 3.44. The van der Waals surface area contributed by atoms with Gasteiger partial charge in [-0.1, -0.05) is 6.08 Å². The third-order valence-electron chi connectivity index (χ3n) is 2.04. The van der Waals surface area contributed by atoms with Crippen LogP contribution in [0.2, 0.25) is 0 Å². The van der Waals surface area contributed by atoms with Gasteiger partial charge in [0.25, 0.3) is 0 Å². The van der Waals surface area contributed by atoms with Crippen molar-refractivity contribution in [2.75, 3.05) is 5.32 Å². The van der Waals surface area contributed by atoms with Crippen molar-refractivity contribution in [3.63, 3.8) is 0 Å². The lowest BCUT2D eigenvalue weighted by molar-refractivity contribution is -0.115. The summed E-state index contributed by atoms with van der Waals surface area (Å²) in [7, 11) is 0. The molecule has 0 radical (unpaired) electrons. The maximum Gasteiger partial charge on any atom is 0.335 e. The average Bonchev–Trinajstić information content (AvgIpc) is 2.28. The van der Waals surface area contributed by atoms with Crippen LogP contribution in [0.25, 0.3) is 0 Å². The van der Waals surface area contributed by atoms with Crippen LogP contribution in [-0.2, 0) is 4.79 Å². The molecule has 1 amide bonds. The van der Waals surface area contributed by atoms with Crippen molar-refractivity contribution in [1.82, 2.24) is 0 Å². The Morgan fingerprint density at radius 3 is 2.00 bits per heavy atom. The van der Waals surface area contributed by atoms with E-state index in [4.69, 9.17) is 10.2 Å². The van der Waals surface area contributed by atoms with E-state index in [2.05, 4.69) is 11.9 Å². The van der Waals surface area contributed by atoms with E-state index in [1.165, 1.54) is 18.2 Å². The van der Waals surface area contributed by atoms with Crippen LogP contribution in [0.5, 0.6) is 0 Å². The summed E-state index contributed by atoms with van der Waals surface area (Å²) in [5, 5.41) is 20.1. The Hall–Kier alpha value is -2.63. The number of carboxylic acid groups (broad SMARTS) is 2. The van der Waals surface area contributed by atoms with Crippen LogP contribution in [0, 0.1) is 0 Å². The molecule has 0 aromatic heterocycles. The van der Waals surface area contributed by atoms with Gasteiger partial charge in [0.15, 0.2) is 0 Å². The number of carboxylic acids is 2. The summed E-state index contributed by atoms with van der Waals surface area (Å²) in [6.45, 7) is 3.38. The van der Waals surface area contributed by atoms with Gasteiger partial charge in [-0.05, 0) is 18.2 Å². The van der Waals surface area contributed by atoms with Crippen molar-refractivity contribution in [2.45, 2.75) is 6.42 Å². The van der Waals surface area contributed by atoms with Crippen LogP contribution in [0.3, 0.4) is 0 Å². The Morgan fingerprint density at radius 1 is 1.11 bits per heavy atom. The number of anilines is 1. The lowest BCUT2D eigenvalue weighted by atomic mass is 10.1. The Kier molecular flexibility index (Phi) is 4.20. The van der Waals surface area contributed by atoms with E-state index in [0.29, 0.717) is 0 Å². The number of carbonyl (C=O) groups is 3. The Morgan fingerprint density at radius 2 is 1.61 bits per heavy atom. The molecule has 0 bridgehead atoms. The van der Waals surface area contributed by atoms with Gasteiger partial charge in [0.1, 0.15) is 0 Å². The highest BCUT2D eigenvalue weighted by Gasteiger charge is 2.12. The molecule has 0 aliphatic rings. The zero-order valence-electron chi connectivity index (χ0n) is 9.34. The maximum absolute atomic E-state index is 11.3. The number of amides is 1. The van der Waals surface area contributed by atoms with Crippen LogP contribution in [0.4, 0.5) is 5.69 Å². The molecule has 1 aromatic rings. The van der Waals surface area contributed by atoms with Gasteiger partial charge in [0, 0.05) is 12.1 Å². The molecule has 0 atom stereocenters. The first-order chi connectivity index (χ1) is 8.43. The monoisotopic (exact) mass is 249 g/mol. The fourth-order valence-corrected chi connectivity index (χ4v) is 1.29. The number of benzene rings is 1. The summed E-state index contributed by atoms with van der Waals surface area (Å²) in [4.78, 5) is 32.9. The molecule has 18 heavy (non-hydrogen) atoms. The van der Waals surface area contributed by atoms with E-state index < -0.39 is 17.8 Å². The highest BCUT2D eigenvalue weighted by atomic mass is 16.4. The SMILES string of the molecule is C=CCC(=O)Nc1cc(C(=O)O)cc(C(=O)O)c1. The second-order valence-electron chi connectivity index (χ2n) is 3.45. The molecular weight excluding hydrogens is 238 g/mol. The number of hydrogen-bond donors (Lipinski definition) is 3. The van der Waals surface area contributed by atoms with Gasteiger partial charge < -0.3 is 15.5 Å². The summed E-state index contributed by atoms with van der Waals surface area (Å²) < 4.78 is 0. The molecule has 0 fully saturated rings. The van der Waals surface area contributed by atoms with Crippen molar-refractivity contribution >= 4 is 23.5 Å². The molecule has 1 aromatic carbocycles. The number of rotatable bonds is 5. The molecule has 6 nitrogen and oxygen atoms in total. The zero-order chi connectivity index (χ0) is 13.7. The van der Waals surface area contributed by atoms with E-state index >= 15 is 0 Å². The average molecular weight is 249 g/mol. The first-order valence-corrected chi connectivity index (χ1v) is 4.96. The fourth-order valence-electron chi connectivity index (χ4n) is 1.29. The van der Waals surface area contributed by atoms with Crippen molar-refractivity contribution in [3.8, 4) is 0 Å². The molecule has 0 aliphatic heterocycles. The predicted molar refractivity (Wildman–Crippen MR) is 63.8 cm³/mol. The van der Waals surface area contributed by atoms with Gasteiger partial charge in [-0.25, -0.2) is 9.59 Å². The molecule has 0 heterocycles. The minimum absolute atomic E-state index is 0.0553. The lowest BCUT2D eigenvalue weighted by Crippen LogP contribution is -2.12. The molecular formula is C12H11NO5. The molecule has 6 heteroatoms. The zero-order valence-corrected chi connectivity index (χ0v) is 9.34. The minimum Gasteiger partial charge on any atom is -0.478 e. The lowest BCUT2D eigenvalue weighted by Gasteiger charge is -2.06. The molecule has 3 N–H and O–H groups in total. The maximum atomic E-state index is 11.3. The molecule has 94 valence electrons. The first-order valence-electron chi connectivity index (χ1n) is 4.96. The number of aromatic carboxylic acids is 2. The number of hydrogen-bond acceptors (Lipinski definition) is 3. The Labute approximate surface area is 103 Å². The van der Waals surface area contributed by atoms with Gasteiger partial charge in [0.05, 0.1) is 11.1 Å². The van der Waals surface area contributed by atoms with E-state index in [-0.39, 0.29) is 23.2 Å². The molecule has 1 rings (SSSR count). The van der Waals surface area contributed by atoms with Gasteiger partial charge in [-0.15, -0.1) is 6.58 Å². The van der Waals surface area contributed by atoms with Gasteiger partial charge in [-0.2, -0.15) is 0 Å². The van der Waals surface area contributed by atoms with Crippen LogP contribution in [0.15, 0.2) is 30.9 Å². The molecule has 0 unspecified atom stereocenters. The van der Waals surface area contributed by atoms with E-state index in [1.807, 2.05) is 0 Å². The van der Waals surface area contributed by atoms with Gasteiger partial charge >= 0.3 is 11.9 Å². The van der Waals surface area contributed by atoms with Crippen LogP contribution >= 0.6 is 0 Å². The summed E-state index contributed by atoms with van der Waals surface area (Å²) in [6.07, 6.45) is 1.44. The standard InChI is InChI=1S/C12H11NO5/c1-2-3-10(14)13-9-5-7(11(15)16)4-8(6-9)12(17)18/h2,4-6H,1,3H2,(H,13,14)(H,15,16)(H,17,18). The first kappa shape index (κ1) is 13.4. The van der Waals surface area contributed by atoms with Crippen LogP contribution in [0.1, 0.15) is 27.1 Å². The second-order valence-corrected chi connectivity index (χ2v) is 3.45. The molecule has 0 aliphatic carbocycles. The van der Waals surface area contributed by atoms with Crippen molar-refractivity contribution in [2.24, 2.45) is 0 Å². The molecule has 0 saturated carbocycles. The van der Waals surface area contributed by atoms with Gasteiger partial charge in [0.2, 0.25) is 5.91 Å². The topological polar surface area (TPSA) is 104 Å². The van der Waals surface area contributed by atoms with Crippen molar-refractivity contribution < 1.29 is 24.6 Å². The fraction of sp³-hybridized carbons (Fsp3) is 0.0833. The quantitative estimate of drug-likeness (QED) is 0.687. The number of carbonyl (C=O) groups excluding carboxylic acids is 1. The Balaban J connectivity index is 3.10. The summed E-state index contributed by atoms with van der Waals surface area (Å²) >= 11 is 0. The third-order valence-corrected chi connectivity index (χ3v) is 2.04. The van der Waals surface area contributed by atoms with Crippen LogP contribution in [-0.4, -0.2) is 28.1 Å². The predicted octanol–water partition coefficient (Wildman–Crippen LogP) is 1.60. The largest absolute Gasteiger partial charge is 0.478 e. The van der Waals surface area contributed by atoms with Gasteiger partial charge in [-0.3, -0.25) is 4.79 Å². The normalized spacial score (nSPS) is 9.56.